The molecule has 2 unspecified atom stereocenters. The fraction of sp³-hybridized carbons (Fsp3) is 0.750. The Balaban J connectivity index is 2.02. The molecule has 1 fully saturated rings. The van der Waals surface area contributed by atoms with Crippen LogP contribution in [0.5, 0.6) is 0 Å². The summed E-state index contributed by atoms with van der Waals surface area (Å²) < 4.78 is 3.85. The van der Waals surface area contributed by atoms with E-state index in [2.05, 4.69) is 14.9 Å². The van der Waals surface area contributed by atoms with E-state index in [0.717, 1.165) is 25.0 Å². The summed E-state index contributed by atoms with van der Waals surface area (Å²) in [5.74, 6) is 0.376. The molecular weight excluding hydrogens is 248 g/mol. The van der Waals surface area contributed by atoms with Crippen LogP contribution in [-0.4, -0.2) is 28.1 Å². The summed E-state index contributed by atoms with van der Waals surface area (Å²) in [4.78, 5) is 12.8. The molecule has 3 N–H and O–H groups in total. The van der Waals surface area contributed by atoms with E-state index in [4.69, 9.17) is 5.73 Å². The predicted molar refractivity (Wildman–Crippen MR) is 71.6 cm³/mol. The zero-order valence-corrected chi connectivity index (χ0v) is 11.5. The van der Waals surface area contributed by atoms with E-state index >= 15 is 0 Å². The number of nitrogens with one attached hydrogen (secondary N) is 1. The molecule has 0 aliphatic heterocycles. The lowest BCUT2D eigenvalue weighted by atomic mass is 9.84. The number of amides is 1. The van der Waals surface area contributed by atoms with Crippen LogP contribution in [0, 0.1) is 5.92 Å². The molecule has 0 radical (unpaired) electrons. The minimum Gasteiger partial charge on any atom is -0.348 e. The van der Waals surface area contributed by atoms with E-state index in [0.29, 0.717) is 17.3 Å². The van der Waals surface area contributed by atoms with Crippen molar-refractivity contribution in [2.45, 2.75) is 45.1 Å². The molecule has 5 nitrogen and oxygen atoms in total. The number of aromatic nitrogens is 2. The van der Waals surface area contributed by atoms with Gasteiger partial charge in [-0.1, -0.05) is 24.3 Å². The number of aryl methyl sites for hydroxylation is 1. The Morgan fingerprint density at radius 1 is 1.50 bits per heavy atom. The minimum absolute atomic E-state index is 0.0350. The third-order valence-corrected chi connectivity index (χ3v) is 4.39. The minimum atomic E-state index is -0.0350. The van der Waals surface area contributed by atoms with Crippen molar-refractivity contribution in [3.63, 3.8) is 0 Å². The van der Waals surface area contributed by atoms with Crippen molar-refractivity contribution >= 4 is 17.4 Å². The normalized spacial score (nSPS) is 23.9. The van der Waals surface area contributed by atoms with Crippen LogP contribution in [0.25, 0.3) is 0 Å². The molecule has 1 saturated carbocycles. The van der Waals surface area contributed by atoms with Crippen molar-refractivity contribution in [3.8, 4) is 0 Å². The van der Waals surface area contributed by atoms with Crippen LogP contribution in [0.15, 0.2) is 0 Å². The van der Waals surface area contributed by atoms with E-state index < -0.39 is 0 Å². The summed E-state index contributed by atoms with van der Waals surface area (Å²) in [5, 5.41) is 7.08. The Morgan fingerprint density at radius 3 is 3.00 bits per heavy atom. The van der Waals surface area contributed by atoms with Gasteiger partial charge in [0.1, 0.15) is 4.88 Å². The molecule has 1 amide bonds. The topological polar surface area (TPSA) is 80.9 Å². The second kappa shape index (κ2) is 6.24. The third kappa shape index (κ3) is 2.87. The molecule has 0 saturated heterocycles. The molecule has 1 aromatic heterocycles. The van der Waals surface area contributed by atoms with Gasteiger partial charge >= 0.3 is 0 Å². The van der Waals surface area contributed by atoms with E-state index in [1.807, 2.05) is 6.92 Å². The van der Waals surface area contributed by atoms with Gasteiger partial charge in [0.05, 0.1) is 5.69 Å². The molecule has 2 rings (SSSR count). The summed E-state index contributed by atoms with van der Waals surface area (Å²) in [5.41, 5.74) is 6.56. The number of nitrogens with two attached hydrogens (primary N) is 1. The van der Waals surface area contributed by atoms with Gasteiger partial charge in [-0.05, 0) is 43.3 Å². The maximum atomic E-state index is 12.2. The van der Waals surface area contributed by atoms with Crippen LogP contribution in [-0.2, 0) is 6.42 Å². The van der Waals surface area contributed by atoms with Crippen LogP contribution in [0.1, 0.15) is 48.0 Å². The molecule has 0 spiro atoms. The average Bonchev–Trinajstić information content (AvgIpc) is 2.87. The van der Waals surface area contributed by atoms with E-state index in [1.165, 1.54) is 24.4 Å². The highest BCUT2D eigenvalue weighted by atomic mass is 32.1. The first-order chi connectivity index (χ1) is 8.76. The Bertz CT molecular complexity index is 407. The molecule has 0 bridgehead atoms. The lowest BCUT2D eigenvalue weighted by molar-refractivity contribution is 0.0911. The van der Waals surface area contributed by atoms with Gasteiger partial charge in [0, 0.05) is 6.04 Å². The van der Waals surface area contributed by atoms with Crippen molar-refractivity contribution in [2.24, 2.45) is 11.7 Å². The van der Waals surface area contributed by atoms with Gasteiger partial charge in [0.15, 0.2) is 0 Å². The third-order valence-electron chi connectivity index (χ3n) is 3.63. The lowest BCUT2D eigenvalue weighted by Gasteiger charge is -2.31. The number of rotatable bonds is 4. The quantitative estimate of drug-likeness (QED) is 0.863. The van der Waals surface area contributed by atoms with E-state index in [1.54, 1.807) is 0 Å². The average molecular weight is 268 g/mol. The summed E-state index contributed by atoms with van der Waals surface area (Å²) in [6.45, 7) is 2.63. The zero-order valence-electron chi connectivity index (χ0n) is 10.7. The molecule has 1 heterocycles. The van der Waals surface area contributed by atoms with Crippen LogP contribution >= 0.6 is 11.5 Å². The Morgan fingerprint density at radius 2 is 2.28 bits per heavy atom. The van der Waals surface area contributed by atoms with Crippen molar-refractivity contribution < 1.29 is 4.79 Å². The second-order valence-corrected chi connectivity index (χ2v) is 5.52. The summed E-state index contributed by atoms with van der Waals surface area (Å²) in [6, 6.07) is 0.211. The maximum Gasteiger partial charge on any atom is 0.265 e. The molecule has 1 aliphatic carbocycles. The summed E-state index contributed by atoms with van der Waals surface area (Å²) >= 11 is 1.18. The highest BCUT2D eigenvalue weighted by Crippen LogP contribution is 2.24. The fourth-order valence-corrected chi connectivity index (χ4v) is 3.18. The molecular formula is C12H20N4OS. The molecule has 1 aliphatic rings. The SMILES string of the molecule is CCc1nnsc1C(=O)NC1CCCCC1CN. The van der Waals surface area contributed by atoms with Crippen molar-refractivity contribution in [3.05, 3.63) is 10.6 Å². The number of nitrogens with zero attached hydrogens (tertiary/aromatic N) is 2. The van der Waals surface area contributed by atoms with Gasteiger partial charge in [0.25, 0.3) is 5.91 Å². The van der Waals surface area contributed by atoms with Gasteiger partial charge < -0.3 is 11.1 Å². The standard InChI is InChI=1S/C12H20N4OS/c1-2-9-11(18-16-15-9)12(17)14-10-6-4-3-5-8(10)7-13/h8,10H,2-7,13H2,1H3,(H,14,17). The predicted octanol–water partition coefficient (Wildman–Crippen LogP) is 1.35. The Kier molecular flexibility index (Phi) is 4.66. The highest BCUT2D eigenvalue weighted by molar-refractivity contribution is 7.08. The van der Waals surface area contributed by atoms with Crippen LogP contribution < -0.4 is 11.1 Å². The van der Waals surface area contributed by atoms with Crippen molar-refractivity contribution in [2.75, 3.05) is 6.54 Å². The summed E-state index contributed by atoms with van der Waals surface area (Å²) in [6.07, 6.45) is 5.27. The van der Waals surface area contributed by atoms with Gasteiger partial charge in [-0.15, -0.1) is 5.10 Å². The monoisotopic (exact) mass is 268 g/mol. The number of hydrogen-bond donors (Lipinski definition) is 2. The Hall–Kier alpha value is -1.01. The van der Waals surface area contributed by atoms with Crippen molar-refractivity contribution in [1.29, 1.82) is 0 Å². The lowest BCUT2D eigenvalue weighted by Crippen LogP contribution is -2.44. The Labute approximate surface area is 111 Å². The number of carbonyl (C=O) groups is 1. The zero-order chi connectivity index (χ0) is 13.0. The fourth-order valence-electron chi connectivity index (χ4n) is 2.53. The number of carbonyl (C=O) groups excluding carboxylic acids is 1. The van der Waals surface area contributed by atoms with E-state index in [-0.39, 0.29) is 11.9 Å². The largest absolute Gasteiger partial charge is 0.348 e. The molecule has 2 atom stereocenters. The first kappa shape index (κ1) is 13.4. The molecule has 0 aromatic carbocycles. The summed E-state index contributed by atoms with van der Waals surface area (Å²) in [7, 11) is 0. The van der Waals surface area contributed by atoms with Crippen LogP contribution in [0.3, 0.4) is 0 Å². The smallest absolute Gasteiger partial charge is 0.265 e. The van der Waals surface area contributed by atoms with Crippen LogP contribution in [0.2, 0.25) is 0 Å². The van der Waals surface area contributed by atoms with Crippen molar-refractivity contribution in [1.82, 2.24) is 14.9 Å². The first-order valence-electron chi connectivity index (χ1n) is 6.58. The molecule has 1 aromatic rings. The highest BCUT2D eigenvalue weighted by Gasteiger charge is 2.27. The van der Waals surface area contributed by atoms with Crippen LogP contribution in [0.4, 0.5) is 0 Å². The van der Waals surface area contributed by atoms with Gasteiger partial charge in [-0.25, -0.2) is 0 Å². The molecule has 100 valence electrons. The van der Waals surface area contributed by atoms with E-state index in [9.17, 15) is 4.79 Å². The van der Waals surface area contributed by atoms with Gasteiger partial charge in [0.2, 0.25) is 0 Å². The van der Waals surface area contributed by atoms with Gasteiger partial charge in [-0.2, -0.15) is 0 Å². The molecule has 6 heteroatoms. The first-order valence-corrected chi connectivity index (χ1v) is 7.35. The maximum absolute atomic E-state index is 12.2. The number of hydrogen-bond acceptors (Lipinski definition) is 5. The second-order valence-electron chi connectivity index (χ2n) is 4.76. The molecule has 18 heavy (non-hydrogen) atoms. The van der Waals surface area contributed by atoms with Gasteiger partial charge in [-0.3, -0.25) is 4.79 Å².